The fourth-order valence-corrected chi connectivity index (χ4v) is 4.30. The summed E-state index contributed by atoms with van der Waals surface area (Å²) in [5.41, 5.74) is 1.26. The van der Waals surface area contributed by atoms with E-state index in [0.717, 1.165) is 18.8 Å². The summed E-state index contributed by atoms with van der Waals surface area (Å²) in [6.07, 6.45) is 16.1. The third-order valence-corrected chi connectivity index (χ3v) is 5.95. The summed E-state index contributed by atoms with van der Waals surface area (Å²) in [5.74, 6) is 2.29. The quantitative estimate of drug-likeness (QED) is 0.166. The summed E-state index contributed by atoms with van der Waals surface area (Å²) in [5, 5.41) is 0. The van der Waals surface area contributed by atoms with Crippen LogP contribution in [0.1, 0.15) is 76.2 Å². The van der Waals surface area contributed by atoms with E-state index in [1.54, 1.807) is 12.1 Å². The minimum atomic E-state index is -0.135. The van der Waals surface area contributed by atoms with Gasteiger partial charge in [0.05, 0.1) is 6.61 Å². The SMILES string of the molecule is Fc1ccc(CCCCCCCCCCCCCSCCOI)cc1. The molecule has 0 fully saturated rings. The second-order valence-corrected chi connectivity index (χ2v) is 8.54. The predicted molar refractivity (Wildman–Crippen MR) is 118 cm³/mol. The molecule has 4 heteroatoms. The molecular weight excluding hydrogens is 446 g/mol. The maximum Gasteiger partial charge on any atom is 0.123 e. The average Bonchev–Trinajstić information content (AvgIpc) is 2.63. The van der Waals surface area contributed by atoms with Gasteiger partial charge in [0.1, 0.15) is 28.8 Å². The number of unbranched alkanes of at least 4 members (excludes halogenated alkanes) is 10. The largest absolute Gasteiger partial charge is 0.315 e. The third-order valence-electron chi connectivity index (χ3n) is 4.47. The molecule has 0 aliphatic rings. The van der Waals surface area contributed by atoms with Crippen LogP contribution in [-0.4, -0.2) is 18.1 Å². The molecule has 25 heavy (non-hydrogen) atoms. The molecule has 1 aromatic carbocycles. The molecule has 0 saturated heterocycles. The summed E-state index contributed by atoms with van der Waals surface area (Å²) in [4.78, 5) is 0. The minimum absolute atomic E-state index is 0.135. The van der Waals surface area contributed by atoms with Crippen LogP contribution in [0.4, 0.5) is 4.39 Å². The summed E-state index contributed by atoms with van der Waals surface area (Å²) in [6, 6.07) is 6.95. The maximum absolute atomic E-state index is 12.8. The van der Waals surface area contributed by atoms with E-state index < -0.39 is 0 Å². The Hall–Kier alpha value is 0.190. The first kappa shape index (κ1) is 23.2. The van der Waals surface area contributed by atoms with Crippen LogP contribution in [0.3, 0.4) is 0 Å². The summed E-state index contributed by atoms with van der Waals surface area (Å²) in [6.45, 7) is 0.872. The zero-order valence-corrected chi connectivity index (χ0v) is 18.5. The normalized spacial score (nSPS) is 11.1. The van der Waals surface area contributed by atoms with Gasteiger partial charge in [-0.15, -0.1) is 0 Å². The van der Waals surface area contributed by atoms with Crippen molar-refractivity contribution in [1.29, 1.82) is 0 Å². The lowest BCUT2D eigenvalue weighted by atomic mass is 10.0. The fourth-order valence-electron chi connectivity index (χ4n) is 2.97. The number of aryl methyl sites for hydroxylation is 1. The molecule has 144 valence electrons. The van der Waals surface area contributed by atoms with E-state index in [1.807, 2.05) is 46.9 Å². The molecule has 0 aliphatic heterocycles. The van der Waals surface area contributed by atoms with Gasteiger partial charge in [0.15, 0.2) is 0 Å². The molecule has 0 aliphatic carbocycles. The fraction of sp³-hybridized carbons (Fsp3) is 0.714. The van der Waals surface area contributed by atoms with Crippen LogP contribution < -0.4 is 0 Å². The maximum atomic E-state index is 12.8. The molecule has 0 saturated carbocycles. The van der Waals surface area contributed by atoms with Gasteiger partial charge in [-0.2, -0.15) is 11.8 Å². The molecule has 1 aromatic rings. The first-order valence-electron chi connectivity index (χ1n) is 9.88. The summed E-state index contributed by atoms with van der Waals surface area (Å²) < 4.78 is 17.8. The highest BCUT2D eigenvalue weighted by atomic mass is 127. The molecule has 0 atom stereocenters. The van der Waals surface area contributed by atoms with Gasteiger partial charge >= 0.3 is 0 Å². The van der Waals surface area contributed by atoms with Crippen molar-refractivity contribution in [3.8, 4) is 0 Å². The molecule has 0 spiro atoms. The second-order valence-electron chi connectivity index (χ2n) is 6.69. The van der Waals surface area contributed by atoms with Crippen LogP contribution in [0.25, 0.3) is 0 Å². The highest BCUT2D eigenvalue weighted by molar-refractivity contribution is 14.1. The lowest BCUT2D eigenvalue weighted by Crippen LogP contribution is -1.90. The van der Waals surface area contributed by atoms with Gasteiger partial charge in [-0.25, -0.2) is 4.39 Å². The summed E-state index contributed by atoms with van der Waals surface area (Å²) >= 11 is 3.98. The molecule has 0 N–H and O–H groups in total. The lowest BCUT2D eigenvalue weighted by molar-refractivity contribution is 0.463. The lowest BCUT2D eigenvalue weighted by Gasteiger charge is -2.04. The van der Waals surface area contributed by atoms with Crippen molar-refractivity contribution in [2.45, 2.75) is 77.0 Å². The van der Waals surface area contributed by atoms with Gasteiger partial charge in [-0.1, -0.05) is 69.9 Å². The van der Waals surface area contributed by atoms with Crippen molar-refractivity contribution in [2.75, 3.05) is 18.1 Å². The molecule has 0 unspecified atom stereocenters. The average molecular weight is 480 g/mol. The molecule has 0 bridgehead atoms. The first-order valence-corrected chi connectivity index (χ1v) is 11.9. The van der Waals surface area contributed by atoms with Gasteiger partial charge in [0.2, 0.25) is 0 Å². The number of hydrogen-bond acceptors (Lipinski definition) is 2. The minimum Gasteiger partial charge on any atom is -0.315 e. The van der Waals surface area contributed by atoms with Crippen LogP contribution >= 0.6 is 34.8 Å². The molecule has 1 nitrogen and oxygen atoms in total. The number of rotatable bonds is 17. The van der Waals surface area contributed by atoms with E-state index in [-0.39, 0.29) is 5.82 Å². The number of thioether (sulfide) groups is 1. The first-order chi connectivity index (χ1) is 12.3. The Kier molecular flexibility index (Phi) is 16.4. The van der Waals surface area contributed by atoms with E-state index in [9.17, 15) is 4.39 Å². The Bertz CT molecular complexity index is 399. The molecule has 0 aromatic heterocycles. The molecule has 0 amide bonds. The van der Waals surface area contributed by atoms with Gasteiger partial charge < -0.3 is 3.07 Å². The van der Waals surface area contributed by atoms with Crippen molar-refractivity contribution in [2.24, 2.45) is 0 Å². The summed E-state index contributed by atoms with van der Waals surface area (Å²) in [7, 11) is 0. The highest BCUT2D eigenvalue weighted by Crippen LogP contribution is 2.14. The van der Waals surface area contributed by atoms with E-state index in [0.29, 0.717) is 0 Å². The van der Waals surface area contributed by atoms with Crippen molar-refractivity contribution >= 4 is 34.8 Å². The highest BCUT2D eigenvalue weighted by Gasteiger charge is 1.96. The van der Waals surface area contributed by atoms with Gasteiger partial charge in [-0.3, -0.25) is 0 Å². The van der Waals surface area contributed by atoms with Gasteiger partial charge in [-0.05, 0) is 42.7 Å². The zero-order valence-electron chi connectivity index (χ0n) is 15.5. The molecule has 0 radical (unpaired) electrons. The smallest absolute Gasteiger partial charge is 0.123 e. The zero-order chi connectivity index (χ0) is 18.0. The van der Waals surface area contributed by atoms with Crippen molar-refractivity contribution in [1.82, 2.24) is 0 Å². The van der Waals surface area contributed by atoms with Gasteiger partial charge in [0.25, 0.3) is 0 Å². The van der Waals surface area contributed by atoms with E-state index in [2.05, 4.69) is 0 Å². The van der Waals surface area contributed by atoms with E-state index >= 15 is 0 Å². The molecule has 0 heterocycles. The van der Waals surface area contributed by atoms with Crippen molar-refractivity contribution in [3.05, 3.63) is 35.6 Å². The van der Waals surface area contributed by atoms with Crippen molar-refractivity contribution < 1.29 is 7.46 Å². The van der Waals surface area contributed by atoms with Crippen LogP contribution in [0.2, 0.25) is 0 Å². The van der Waals surface area contributed by atoms with Crippen LogP contribution in [0.15, 0.2) is 24.3 Å². The van der Waals surface area contributed by atoms with Crippen LogP contribution in [-0.2, 0) is 9.49 Å². The number of halogens is 2. The number of benzene rings is 1. The Morgan fingerprint density at radius 2 is 1.24 bits per heavy atom. The Labute approximate surface area is 172 Å². The van der Waals surface area contributed by atoms with Crippen molar-refractivity contribution in [3.63, 3.8) is 0 Å². The number of hydrogen-bond donors (Lipinski definition) is 0. The predicted octanol–water partition coefficient (Wildman–Crippen LogP) is 7.76. The Balaban J connectivity index is 1.74. The Morgan fingerprint density at radius 1 is 0.720 bits per heavy atom. The second kappa shape index (κ2) is 17.6. The monoisotopic (exact) mass is 480 g/mol. The van der Waals surface area contributed by atoms with Crippen LogP contribution in [0, 0.1) is 5.82 Å². The standard InChI is InChI=1S/C21H34FIOS/c22-21-15-13-20(14-16-21)12-10-8-6-4-2-1-3-5-7-9-11-18-25-19-17-24-23/h13-16H,1-12,17-19H2. The van der Waals surface area contributed by atoms with Gasteiger partial charge in [0, 0.05) is 5.75 Å². The molecular formula is C21H34FIOS. The van der Waals surface area contributed by atoms with E-state index in [1.165, 1.54) is 81.9 Å². The van der Waals surface area contributed by atoms with E-state index in [4.69, 9.17) is 3.07 Å². The molecule has 1 rings (SSSR count). The topological polar surface area (TPSA) is 9.23 Å². The Morgan fingerprint density at radius 3 is 1.80 bits per heavy atom. The van der Waals surface area contributed by atoms with Crippen LogP contribution in [0.5, 0.6) is 0 Å². The third kappa shape index (κ3) is 15.0.